The highest BCUT2D eigenvalue weighted by Gasteiger charge is 2.78. The number of nitrogens with zero attached hydrogens (tertiary/aromatic N) is 4. The summed E-state index contributed by atoms with van der Waals surface area (Å²) in [7, 11) is 0. The van der Waals surface area contributed by atoms with E-state index in [2.05, 4.69) is 65.2 Å². The van der Waals surface area contributed by atoms with Crippen molar-refractivity contribution in [2.75, 3.05) is 52.4 Å². The fourth-order valence-corrected chi connectivity index (χ4v) is 6.93. The van der Waals surface area contributed by atoms with Crippen molar-refractivity contribution < 1.29 is 8.97 Å². The van der Waals surface area contributed by atoms with E-state index in [-0.39, 0.29) is 5.91 Å². The fraction of sp³-hybridized carbons (Fsp3) is 1.00. The maximum atomic E-state index is 2.95. The van der Waals surface area contributed by atoms with Crippen LogP contribution in [0.25, 0.3) is 0 Å². The monoisotopic (exact) mass is 354 g/mol. The summed E-state index contributed by atoms with van der Waals surface area (Å²) < 4.78 is 2.50. The van der Waals surface area contributed by atoms with Crippen molar-refractivity contribution in [3.05, 3.63) is 0 Å². The van der Waals surface area contributed by atoms with Crippen molar-refractivity contribution in [3.8, 4) is 0 Å². The van der Waals surface area contributed by atoms with Crippen LogP contribution in [0.3, 0.4) is 0 Å². The SMILES string of the molecule is CCCN1CC(C)[N+](CC)(CC)C12N(CCC)C(C)C[N+]2(CC)CC. The topological polar surface area (TPSA) is 6.48 Å². The molecular weight excluding hydrogens is 308 g/mol. The smallest absolute Gasteiger partial charge is 0.242 e. The third kappa shape index (κ3) is 2.55. The lowest BCUT2D eigenvalue weighted by molar-refractivity contribution is -1.18. The predicted molar refractivity (Wildman–Crippen MR) is 108 cm³/mol. The molecule has 0 aromatic rings. The minimum Gasteiger partial charge on any atom is -0.242 e. The molecule has 0 bridgehead atoms. The first-order valence-corrected chi connectivity index (χ1v) is 11.2. The van der Waals surface area contributed by atoms with Gasteiger partial charge in [-0.05, 0) is 54.4 Å². The maximum Gasteiger partial charge on any atom is 0.357 e. The summed E-state index contributed by atoms with van der Waals surface area (Å²) in [6.45, 7) is 29.5. The molecule has 0 amide bonds. The van der Waals surface area contributed by atoms with Crippen molar-refractivity contribution >= 4 is 0 Å². The second-order valence-electron chi connectivity index (χ2n) is 8.56. The Hall–Kier alpha value is -0.160. The van der Waals surface area contributed by atoms with Crippen LogP contribution in [0.15, 0.2) is 0 Å². The van der Waals surface area contributed by atoms with Gasteiger partial charge in [-0.3, -0.25) is 0 Å². The summed E-state index contributed by atoms with van der Waals surface area (Å²) in [5.74, 6) is 0.137. The molecule has 2 heterocycles. The van der Waals surface area contributed by atoms with Gasteiger partial charge in [-0.25, -0.2) is 8.97 Å². The zero-order chi connectivity index (χ0) is 18.9. The fourth-order valence-electron chi connectivity index (χ4n) is 6.93. The molecule has 0 aromatic heterocycles. The Morgan fingerprint density at radius 1 is 0.840 bits per heavy atom. The summed E-state index contributed by atoms with van der Waals surface area (Å²) in [6.07, 6.45) is 2.50. The Morgan fingerprint density at radius 2 is 1.40 bits per heavy atom. The molecule has 0 aliphatic carbocycles. The molecule has 148 valence electrons. The molecule has 0 radical (unpaired) electrons. The van der Waals surface area contributed by atoms with Gasteiger partial charge >= 0.3 is 5.91 Å². The number of hydrogen-bond acceptors (Lipinski definition) is 2. The van der Waals surface area contributed by atoms with Crippen LogP contribution >= 0.6 is 0 Å². The van der Waals surface area contributed by atoms with Gasteiger partial charge < -0.3 is 0 Å². The van der Waals surface area contributed by atoms with Crippen molar-refractivity contribution in [2.45, 2.75) is 86.2 Å². The molecule has 2 saturated heterocycles. The standard InChI is InChI=1S/C21H46N4/c1-9-15-22-17-20(8)25(13-5,14-6)21(22)23(16-10-2)19(7)18-24(21,11-3)12-4/h19-20H,9-18H2,1-8H3/q+2. The molecule has 0 aromatic carbocycles. The highest BCUT2D eigenvalue weighted by molar-refractivity contribution is 4.93. The Morgan fingerprint density at radius 3 is 1.84 bits per heavy atom. The third-order valence-corrected chi connectivity index (χ3v) is 7.81. The predicted octanol–water partition coefficient (Wildman–Crippen LogP) is 3.54. The van der Waals surface area contributed by atoms with Crippen LogP contribution in [0.2, 0.25) is 0 Å². The average molecular weight is 355 g/mol. The molecule has 3 atom stereocenters. The summed E-state index contributed by atoms with van der Waals surface area (Å²) in [5.41, 5.74) is 0. The van der Waals surface area contributed by atoms with Crippen LogP contribution in [0.5, 0.6) is 0 Å². The van der Waals surface area contributed by atoms with Gasteiger partial charge in [0.05, 0.1) is 38.8 Å². The number of hydrogen-bond donors (Lipinski definition) is 0. The van der Waals surface area contributed by atoms with Crippen molar-refractivity contribution in [2.24, 2.45) is 0 Å². The first kappa shape index (κ1) is 21.1. The molecule has 1 spiro atoms. The number of rotatable bonds is 8. The van der Waals surface area contributed by atoms with E-state index in [1.54, 1.807) is 0 Å². The first-order valence-electron chi connectivity index (χ1n) is 11.2. The zero-order valence-corrected chi connectivity index (χ0v) is 18.5. The molecule has 4 heteroatoms. The lowest BCUT2D eigenvalue weighted by Crippen LogP contribution is -2.84. The molecule has 0 N–H and O–H groups in total. The maximum absolute atomic E-state index is 2.95. The van der Waals surface area contributed by atoms with E-state index in [0.29, 0.717) is 12.1 Å². The molecule has 3 unspecified atom stereocenters. The summed E-state index contributed by atoms with van der Waals surface area (Å²) >= 11 is 0. The summed E-state index contributed by atoms with van der Waals surface area (Å²) in [6, 6.07) is 1.38. The van der Waals surface area contributed by atoms with Gasteiger partial charge in [-0.1, -0.05) is 13.8 Å². The minimum atomic E-state index is 0.137. The van der Waals surface area contributed by atoms with E-state index in [4.69, 9.17) is 0 Å². The minimum absolute atomic E-state index is 0.137. The largest absolute Gasteiger partial charge is 0.357 e. The Labute approximate surface area is 157 Å². The van der Waals surface area contributed by atoms with Crippen LogP contribution in [-0.4, -0.2) is 89.1 Å². The van der Waals surface area contributed by atoms with Crippen molar-refractivity contribution in [1.29, 1.82) is 0 Å². The van der Waals surface area contributed by atoms with E-state index in [9.17, 15) is 0 Å². The summed E-state index contributed by atoms with van der Waals surface area (Å²) in [4.78, 5) is 5.88. The zero-order valence-electron chi connectivity index (χ0n) is 18.5. The average Bonchev–Trinajstić information content (AvgIpc) is 3.01. The van der Waals surface area contributed by atoms with Crippen LogP contribution in [0.1, 0.15) is 68.2 Å². The van der Waals surface area contributed by atoms with Crippen LogP contribution in [-0.2, 0) is 0 Å². The second kappa shape index (κ2) is 7.84. The van der Waals surface area contributed by atoms with Crippen LogP contribution in [0, 0.1) is 0 Å². The quantitative estimate of drug-likeness (QED) is 0.615. The first-order chi connectivity index (χ1) is 11.9. The Bertz CT molecular complexity index is 430. The molecular formula is C21H46N4+2. The summed E-state index contributed by atoms with van der Waals surface area (Å²) in [5, 5.41) is 0. The van der Waals surface area contributed by atoms with E-state index in [0.717, 1.165) is 0 Å². The van der Waals surface area contributed by atoms with Crippen LogP contribution in [0.4, 0.5) is 0 Å². The van der Waals surface area contributed by atoms with Gasteiger partial charge in [-0.15, -0.1) is 0 Å². The van der Waals surface area contributed by atoms with Gasteiger partial charge in [0.25, 0.3) is 0 Å². The molecule has 4 nitrogen and oxygen atoms in total. The van der Waals surface area contributed by atoms with Crippen LogP contribution < -0.4 is 0 Å². The highest BCUT2D eigenvalue weighted by Crippen LogP contribution is 2.52. The second-order valence-corrected chi connectivity index (χ2v) is 8.56. The lowest BCUT2D eigenvalue weighted by Gasteiger charge is -2.58. The van der Waals surface area contributed by atoms with Crippen molar-refractivity contribution in [3.63, 3.8) is 0 Å². The van der Waals surface area contributed by atoms with E-state index in [1.165, 1.54) is 74.2 Å². The Balaban J connectivity index is 2.78. The highest BCUT2D eigenvalue weighted by atomic mass is 15.9. The molecule has 2 fully saturated rings. The molecule has 2 rings (SSSR count). The van der Waals surface area contributed by atoms with Gasteiger partial charge in [0.2, 0.25) is 0 Å². The van der Waals surface area contributed by atoms with Gasteiger partial charge in [0, 0.05) is 13.1 Å². The normalized spacial score (nSPS) is 35.0. The molecule has 2 aliphatic heterocycles. The van der Waals surface area contributed by atoms with Crippen molar-refractivity contribution in [1.82, 2.24) is 9.80 Å². The van der Waals surface area contributed by atoms with E-state index >= 15 is 0 Å². The number of quaternary nitrogens is 2. The van der Waals surface area contributed by atoms with Gasteiger partial charge in [-0.2, -0.15) is 9.80 Å². The molecule has 0 saturated carbocycles. The lowest BCUT2D eigenvalue weighted by atomic mass is 10.1. The van der Waals surface area contributed by atoms with Gasteiger partial charge in [0.1, 0.15) is 12.6 Å². The molecule has 25 heavy (non-hydrogen) atoms. The number of likely N-dealkylation sites (N-methyl/N-ethyl adjacent to an activating group) is 2. The van der Waals surface area contributed by atoms with E-state index in [1.807, 2.05) is 0 Å². The third-order valence-electron chi connectivity index (χ3n) is 7.81. The van der Waals surface area contributed by atoms with E-state index < -0.39 is 0 Å². The van der Waals surface area contributed by atoms with Gasteiger partial charge in [0.15, 0.2) is 0 Å². The molecule has 2 aliphatic rings. The Kier molecular flexibility index (Phi) is 6.63.